The zero-order chi connectivity index (χ0) is 20.1. The van der Waals surface area contributed by atoms with E-state index in [2.05, 4.69) is 5.32 Å². The van der Waals surface area contributed by atoms with Crippen molar-refractivity contribution in [1.29, 1.82) is 0 Å². The van der Waals surface area contributed by atoms with Gasteiger partial charge in [-0.1, -0.05) is 24.3 Å². The number of hydrogen-bond donors (Lipinski definition) is 1. The Kier molecular flexibility index (Phi) is 5.88. The number of amides is 2. The molecule has 2 amide bonds. The van der Waals surface area contributed by atoms with Crippen molar-refractivity contribution in [1.82, 2.24) is 10.2 Å². The zero-order valence-electron chi connectivity index (χ0n) is 15.5. The number of nitrogens with zero attached hydrogens (tertiary/aromatic N) is 2. The van der Waals surface area contributed by atoms with E-state index >= 15 is 0 Å². The molecule has 8 heteroatoms. The van der Waals surface area contributed by atoms with Crippen LogP contribution in [0.5, 0.6) is 5.75 Å². The quantitative estimate of drug-likeness (QED) is 0.557. The smallest absolute Gasteiger partial charge is 0.310 e. The summed E-state index contributed by atoms with van der Waals surface area (Å²) >= 11 is 0. The Balaban J connectivity index is 1.65. The molecule has 0 spiro atoms. The van der Waals surface area contributed by atoms with Crippen molar-refractivity contribution < 1.29 is 19.2 Å². The van der Waals surface area contributed by atoms with Gasteiger partial charge in [0, 0.05) is 31.3 Å². The number of nitrogens with one attached hydrogen (secondary N) is 1. The predicted molar refractivity (Wildman–Crippen MR) is 102 cm³/mol. The molecule has 28 heavy (non-hydrogen) atoms. The highest BCUT2D eigenvalue weighted by Crippen LogP contribution is 2.30. The van der Waals surface area contributed by atoms with E-state index in [1.807, 2.05) is 12.1 Å². The first-order chi connectivity index (χ1) is 13.5. The number of hydrogen-bond acceptors (Lipinski definition) is 5. The Morgan fingerprint density at radius 3 is 2.46 bits per heavy atom. The van der Waals surface area contributed by atoms with Crippen LogP contribution >= 0.6 is 0 Å². The third kappa shape index (κ3) is 4.64. The summed E-state index contributed by atoms with van der Waals surface area (Å²) in [5, 5.41) is 13.6. The number of para-hydroxylation sites is 2. The first kappa shape index (κ1) is 19.3. The van der Waals surface area contributed by atoms with Gasteiger partial charge in [0.05, 0.1) is 4.92 Å². The maximum atomic E-state index is 12.7. The first-order valence-corrected chi connectivity index (χ1v) is 8.96. The summed E-state index contributed by atoms with van der Waals surface area (Å²) in [7, 11) is 1.57. The highest BCUT2D eigenvalue weighted by molar-refractivity contribution is 5.93. The Labute approximate surface area is 162 Å². The molecule has 146 valence electrons. The molecule has 0 unspecified atom stereocenters. The second-order valence-electron chi connectivity index (χ2n) is 6.54. The predicted octanol–water partition coefficient (Wildman–Crippen LogP) is 2.52. The number of carbonyl (C=O) groups is 2. The zero-order valence-corrected chi connectivity index (χ0v) is 15.5. The van der Waals surface area contributed by atoms with Crippen LogP contribution in [0.4, 0.5) is 5.69 Å². The molecule has 8 nitrogen and oxygen atoms in total. The molecule has 2 aromatic carbocycles. The topological polar surface area (TPSA) is 102 Å². The third-order valence-electron chi connectivity index (χ3n) is 4.52. The molecule has 1 aliphatic rings. The van der Waals surface area contributed by atoms with Gasteiger partial charge in [-0.2, -0.15) is 0 Å². The van der Waals surface area contributed by atoms with E-state index in [4.69, 9.17) is 4.74 Å². The fourth-order valence-corrected chi connectivity index (χ4v) is 2.86. The van der Waals surface area contributed by atoms with Crippen LogP contribution in [0, 0.1) is 10.1 Å². The lowest BCUT2D eigenvalue weighted by atomic mass is 10.1. The fourth-order valence-electron chi connectivity index (χ4n) is 2.86. The molecule has 0 saturated heterocycles. The van der Waals surface area contributed by atoms with Crippen LogP contribution in [-0.4, -0.2) is 41.3 Å². The molecule has 0 atom stereocenters. The summed E-state index contributed by atoms with van der Waals surface area (Å²) in [6, 6.07) is 13.2. The van der Waals surface area contributed by atoms with Crippen LogP contribution < -0.4 is 10.1 Å². The highest BCUT2D eigenvalue weighted by Gasteiger charge is 2.33. The van der Waals surface area contributed by atoms with E-state index in [0.717, 1.165) is 18.4 Å². The van der Waals surface area contributed by atoms with Crippen LogP contribution in [0.15, 0.2) is 48.5 Å². The van der Waals surface area contributed by atoms with E-state index in [9.17, 15) is 19.7 Å². The van der Waals surface area contributed by atoms with Crippen molar-refractivity contribution in [3.63, 3.8) is 0 Å². The van der Waals surface area contributed by atoms with E-state index in [1.54, 1.807) is 36.2 Å². The SMILES string of the molecule is CNC(=O)c1ccc(CN(C(=O)COc2ccccc2[N+](=O)[O-])C2CC2)cc1. The number of benzene rings is 2. The Morgan fingerprint density at radius 1 is 1.18 bits per heavy atom. The van der Waals surface area contributed by atoms with Gasteiger partial charge >= 0.3 is 5.69 Å². The van der Waals surface area contributed by atoms with Crippen molar-refractivity contribution >= 4 is 17.5 Å². The standard InChI is InChI=1S/C20H21N3O5/c1-21-20(25)15-8-6-14(7-9-15)12-22(16-10-11-16)19(24)13-28-18-5-3-2-4-17(18)23(26)27/h2-9,16H,10-13H2,1H3,(H,21,25). The molecule has 0 radical (unpaired) electrons. The van der Waals surface area contributed by atoms with Crippen molar-refractivity contribution in [2.24, 2.45) is 0 Å². The highest BCUT2D eigenvalue weighted by atomic mass is 16.6. The number of nitro benzene ring substituents is 1. The second-order valence-corrected chi connectivity index (χ2v) is 6.54. The van der Waals surface area contributed by atoms with Gasteiger partial charge in [-0.05, 0) is 36.6 Å². The van der Waals surface area contributed by atoms with Crippen molar-refractivity contribution in [2.75, 3.05) is 13.7 Å². The number of nitro groups is 1. The van der Waals surface area contributed by atoms with E-state index in [1.165, 1.54) is 12.1 Å². The maximum absolute atomic E-state index is 12.7. The molecule has 0 bridgehead atoms. The average molecular weight is 383 g/mol. The molecule has 1 saturated carbocycles. The lowest BCUT2D eigenvalue weighted by molar-refractivity contribution is -0.385. The van der Waals surface area contributed by atoms with E-state index in [0.29, 0.717) is 12.1 Å². The minimum absolute atomic E-state index is 0.0755. The molecule has 1 fully saturated rings. The molecular weight excluding hydrogens is 362 g/mol. The van der Waals surface area contributed by atoms with Gasteiger partial charge < -0.3 is 15.0 Å². The van der Waals surface area contributed by atoms with Crippen molar-refractivity contribution in [2.45, 2.75) is 25.4 Å². The van der Waals surface area contributed by atoms with Crippen LogP contribution in [0.2, 0.25) is 0 Å². The fraction of sp³-hybridized carbons (Fsp3) is 0.300. The number of carbonyl (C=O) groups excluding carboxylic acids is 2. The maximum Gasteiger partial charge on any atom is 0.310 e. The van der Waals surface area contributed by atoms with Gasteiger partial charge in [0.25, 0.3) is 11.8 Å². The third-order valence-corrected chi connectivity index (χ3v) is 4.52. The van der Waals surface area contributed by atoms with Crippen LogP contribution in [-0.2, 0) is 11.3 Å². The first-order valence-electron chi connectivity index (χ1n) is 8.96. The van der Waals surface area contributed by atoms with Crippen LogP contribution in [0.1, 0.15) is 28.8 Å². The Hall–Kier alpha value is -3.42. The number of ether oxygens (including phenoxy) is 1. The van der Waals surface area contributed by atoms with Gasteiger partial charge in [0.15, 0.2) is 12.4 Å². The Bertz CT molecular complexity index is 878. The molecular formula is C20H21N3O5. The van der Waals surface area contributed by atoms with Crippen LogP contribution in [0.25, 0.3) is 0 Å². The normalized spacial score (nSPS) is 12.9. The van der Waals surface area contributed by atoms with Gasteiger partial charge in [0.1, 0.15) is 0 Å². The molecule has 0 aromatic heterocycles. The monoisotopic (exact) mass is 383 g/mol. The minimum atomic E-state index is -0.535. The largest absolute Gasteiger partial charge is 0.477 e. The summed E-state index contributed by atoms with van der Waals surface area (Å²) in [4.78, 5) is 36.5. The van der Waals surface area contributed by atoms with Crippen molar-refractivity contribution in [3.8, 4) is 5.75 Å². The van der Waals surface area contributed by atoms with Gasteiger partial charge in [0.2, 0.25) is 0 Å². The average Bonchev–Trinajstić information content (AvgIpc) is 3.55. The summed E-state index contributed by atoms with van der Waals surface area (Å²) < 4.78 is 5.44. The van der Waals surface area contributed by atoms with Gasteiger partial charge in [-0.15, -0.1) is 0 Å². The number of rotatable bonds is 8. The molecule has 0 aliphatic heterocycles. The summed E-state index contributed by atoms with van der Waals surface area (Å²) in [6.07, 6.45) is 1.85. The van der Waals surface area contributed by atoms with Crippen molar-refractivity contribution in [3.05, 3.63) is 69.8 Å². The summed E-state index contributed by atoms with van der Waals surface area (Å²) in [5.41, 5.74) is 1.28. The second kappa shape index (κ2) is 8.51. The molecule has 1 N–H and O–H groups in total. The lowest BCUT2D eigenvalue weighted by Gasteiger charge is -2.22. The minimum Gasteiger partial charge on any atom is -0.477 e. The molecule has 0 heterocycles. The molecule has 1 aliphatic carbocycles. The molecule has 2 aromatic rings. The lowest BCUT2D eigenvalue weighted by Crippen LogP contribution is -2.36. The van der Waals surface area contributed by atoms with Gasteiger partial charge in [-0.25, -0.2) is 0 Å². The summed E-state index contributed by atoms with van der Waals surface area (Å²) in [6.45, 7) is 0.134. The molecule has 3 rings (SSSR count). The van der Waals surface area contributed by atoms with E-state index in [-0.39, 0.29) is 35.9 Å². The van der Waals surface area contributed by atoms with Crippen LogP contribution in [0.3, 0.4) is 0 Å². The van der Waals surface area contributed by atoms with E-state index < -0.39 is 4.92 Å². The van der Waals surface area contributed by atoms with Gasteiger partial charge in [-0.3, -0.25) is 19.7 Å². The Morgan fingerprint density at radius 2 is 1.86 bits per heavy atom. The summed E-state index contributed by atoms with van der Waals surface area (Å²) in [5.74, 6) is -0.318.